The van der Waals surface area contributed by atoms with Crippen molar-refractivity contribution in [1.82, 2.24) is 0 Å². The first kappa shape index (κ1) is 24.5. The van der Waals surface area contributed by atoms with E-state index in [4.69, 9.17) is 14.2 Å². The molecule has 3 rings (SSSR count). The summed E-state index contributed by atoms with van der Waals surface area (Å²) >= 11 is 0. The van der Waals surface area contributed by atoms with Gasteiger partial charge in [0.25, 0.3) is 0 Å². The summed E-state index contributed by atoms with van der Waals surface area (Å²) in [6.07, 6.45) is 9.12. The number of hydrogen-bond donors (Lipinski definition) is 0. The van der Waals surface area contributed by atoms with Crippen LogP contribution in [0.3, 0.4) is 0 Å². The van der Waals surface area contributed by atoms with Crippen molar-refractivity contribution < 1.29 is 28.6 Å². The number of carbonyl (C=O) groups is 3. The summed E-state index contributed by atoms with van der Waals surface area (Å²) in [4.78, 5) is 35.0. The van der Waals surface area contributed by atoms with E-state index in [-0.39, 0.29) is 18.3 Å². The highest BCUT2D eigenvalue weighted by molar-refractivity contribution is 5.89. The zero-order valence-electron chi connectivity index (χ0n) is 19.0. The molecule has 1 atom stereocenters. The molecule has 6 heteroatoms. The highest BCUT2D eigenvalue weighted by atomic mass is 16.5. The van der Waals surface area contributed by atoms with Gasteiger partial charge in [-0.2, -0.15) is 0 Å². The maximum Gasteiger partial charge on any atom is 0.338 e. The molecule has 0 saturated heterocycles. The third-order valence-corrected chi connectivity index (χ3v) is 5.09. The van der Waals surface area contributed by atoms with Crippen LogP contribution in [0.2, 0.25) is 0 Å². The Labute approximate surface area is 198 Å². The molecule has 0 saturated carbocycles. The first-order chi connectivity index (χ1) is 16.3. The lowest BCUT2D eigenvalue weighted by molar-refractivity contribution is -0.135. The third kappa shape index (κ3) is 7.17. The zero-order chi connectivity index (χ0) is 24.5. The van der Waals surface area contributed by atoms with E-state index >= 15 is 0 Å². The number of hydrogen-bond acceptors (Lipinski definition) is 6. The van der Waals surface area contributed by atoms with Gasteiger partial charge in [-0.1, -0.05) is 43.5 Å². The number of esters is 3. The predicted molar refractivity (Wildman–Crippen MR) is 129 cm³/mol. The van der Waals surface area contributed by atoms with E-state index in [0.717, 1.165) is 23.6 Å². The molecule has 6 nitrogen and oxygen atoms in total. The standard InChI is InChI=1S/C28H26O6/c1-4-26(29)32-23-14-16-24(17-15-23)33-27(30)18-7-20-5-8-21(9-6-20)22-10-12-25(13-11-22)34-28(31)19(2)3/h4-5,8-17,20H,1-2,6-7,18H2,3H3. The summed E-state index contributed by atoms with van der Waals surface area (Å²) in [5.41, 5.74) is 2.45. The van der Waals surface area contributed by atoms with Gasteiger partial charge in [0.05, 0.1) is 0 Å². The second-order valence-corrected chi connectivity index (χ2v) is 7.82. The van der Waals surface area contributed by atoms with Crippen LogP contribution in [0.1, 0.15) is 31.7 Å². The molecule has 0 radical (unpaired) electrons. The molecule has 0 aliphatic heterocycles. The Hall–Kier alpha value is -4.19. The number of rotatable bonds is 9. The van der Waals surface area contributed by atoms with Crippen LogP contribution in [-0.4, -0.2) is 17.9 Å². The van der Waals surface area contributed by atoms with E-state index in [9.17, 15) is 14.4 Å². The van der Waals surface area contributed by atoms with Gasteiger partial charge in [-0.25, -0.2) is 9.59 Å². The predicted octanol–water partition coefficient (Wildman–Crippen LogP) is 5.60. The Morgan fingerprint density at radius 2 is 1.53 bits per heavy atom. The molecule has 2 aromatic rings. The van der Waals surface area contributed by atoms with Crippen LogP contribution in [-0.2, 0) is 14.4 Å². The Kier molecular flexibility index (Phi) is 8.35. The van der Waals surface area contributed by atoms with Crippen molar-refractivity contribution in [3.63, 3.8) is 0 Å². The van der Waals surface area contributed by atoms with Gasteiger partial charge in [-0.3, -0.25) is 4.79 Å². The summed E-state index contributed by atoms with van der Waals surface area (Å²) in [5, 5.41) is 0. The van der Waals surface area contributed by atoms with E-state index in [2.05, 4.69) is 25.3 Å². The van der Waals surface area contributed by atoms with Gasteiger partial charge in [-0.15, -0.1) is 0 Å². The molecule has 2 aromatic carbocycles. The Bertz CT molecular complexity index is 1140. The molecule has 0 fully saturated rings. The monoisotopic (exact) mass is 458 g/mol. The third-order valence-electron chi connectivity index (χ3n) is 5.09. The van der Waals surface area contributed by atoms with Crippen LogP contribution in [0.5, 0.6) is 17.2 Å². The molecule has 1 aliphatic rings. The number of ether oxygens (including phenoxy) is 3. The van der Waals surface area contributed by atoms with Crippen LogP contribution in [0, 0.1) is 5.92 Å². The largest absolute Gasteiger partial charge is 0.427 e. The van der Waals surface area contributed by atoms with Gasteiger partial charge < -0.3 is 14.2 Å². The smallest absolute Gasteiger partial charge is 0.338 e. The highest BCUT2D eigenvalue weighted by Gasteiger charge is 2.14. The normalized spacial score (nSPS) is 14.5. The molecule has 0 N–H and O–H groups in total. The van der Waals surface area contributed by atoms with E-state index in [0.29, 0.717) is 29.2 Å². The fraction of sp³-hybridized carbons (Fsp3) is 0.179. The van der Waals surface area contributed by atoms with Gasteiger partial charge in [0, 0.05) is 18.1 Å². The molecular weight excluding hydrogens is 432 g/mol. The molecule has 1 aliphatic carbocycles. The Morgan fingerprint density at radius 1 is 0.941 bits per heavy atom. The summed E-state index contributed by atoms with van der Waals surface area (Å²) < 4.78 is 15.6. The Balaban J connectivity index is 1.44. The van der Waals surface area contributed by atoms with E-state index < -0.39 is 11.9 Å². The Morgan fingerprint density at radius 3 is 2.09 bits per heavy atom. The average Bonchev–Trinajstić information content (AvgIpc) is 2.84. The summed E-state index contributed by atoms with van der Waals surface area (Å²) in [5.74, 6) is 0.137. The minimum absolute atomic E-state index is 0.243. The van der Waals surface area contributed by atoms with E-state index in [1.165, 1.54) is 0 Å². The van der Waals surface area contributed by atoms with Crippen molar-refractivity contribution in [1.29, 1.82) is 0 Å². The number of allylic oxidation sites excluding steroid dienone is 4. The lowest BCUT2D eigenvalue weighted by atomic mass is 9.90. The van der Waals surface area contributed by atoms with Gasteiger partial charge in [-0.05, 0) is 73.2 Å². The summed E-state index contributed by atoms with van der Waals surface area (Å²) in [6, 6.07) is 13.6. The lowest BCUT2D eigenvalue weighted by Crippen LogP contribution is -2.11. The number of benzene rings is 2. The second-order valence-electron chi connectivity index (χ2n) is 7.82. The van der Waals surface area contributed by atoms with Gasteiger partial charge in [0.1, 0.15) is 17.2 Å². The highest BCUT2D eigenvalue weighted by Crippen LogP contribution is 2.28. The quantitative estimate of drug-likeness (QED) is 0.276. The van der Waals surface area contributed by atoms with Crippen molar-refractivity contribution >= 4 is 23.5 Å². The number of carbonyl (C=O) groups excluding carboxylic acids is 3. The van der Waals surface area contributed by atoms with Crippen molar-refractivity contribution in [3.8, 4) is 17.2 Å². The molecule has 1 unspecified atom stereocenters. The van der Waals surface area contributed by atoms with E-state index in [1.54, 1.807) is 43.3 Å². The molecule has 174 valence electrons. The van der Waals surface area contributed by atoms with Crippen LogP contribution >= 0.6 is 0 Å². The molecule has 0 aromatic heterocycles. The molecule has 34 heavy (non-hydrogen) atoms. The fourth-order valence-electron chi connectivity index (χ4n) is 3.22. The maximum absolute atomic E-state index is 12.2. The van der Waals surface area contributed by atoms with Crippen LogP contribution in [0.4, 0.5) is 0 Å². The minimum Gasteiger partial charge on any atom is -0.427 e. The fourth-order valence-corrected chi connectivity index (χ4v) is 3.22. The van der Waals surface area contributed by atoms with Crippen LogP contribution in [0.15, 0.2) is 91.6 Å². The summed E-state index contributed by atoms with van der Waals surface area (Å²) in [7, 11) is 0. The average molecular weight is 459 g/mol. The first-order valence-corrected chi connectivity index (χ1v) is 10.9. The van der Waals surface area contributed by atoms with Crippen LogP contribution in [0.25, 0.3) is 5.57 Å². The topological polar surface area (TPSA) is 78.9 Å². The molecular formula is C28H26O6. The molecule has 0 heterocycles. The van der Waals surface area contributed by atoms with Crippen molar-refractivity contribution in [3.05, 3.63) is 97.1 Å². The molecule has 0 bridgehead atoms. The SMILES string of the molecule is C=CC(=O)Oc1ccc(OC(=O)CCC2C=CC(c3ccc(OC(=O)C(=C)C)cc3)=CC2)cc1. The van der Waals surface area contributed by atoms with Gasteiger partial charge >= 0.3 is 17.9 Å². The minimum atomic E-state index is -0.552. The van der Waals surface area contributed by atoms with Gasteiger partial charge in [0.15, 0.2) is 0 Å². The first-order valence-electron chi connectivity index (χ1n) is 10.9. The van der Waals surface area contributed by atoms with Crippen LogP contribution < -0.4 is 14.2 Å². The summed E-state index contributed by atoms with van der Waals surface area (Å²) in [6.45, 7) is 8.51. The van der Waals surface area contributed by atoms with Crippen molar-refractivity contribution in [2.24, 2.45) is 5.92 Å². The second kappa shape index (κ2) is 11.6. The maximum atomic E-state index is 12.2. The van der Waals surface area contributed by atoms with E-state index in [1.807, 2.05) is 18.2 Å². The lowest BCUT2D eigenvalue weighted by Gasteiger charge is -2.16. The van der Waals surface area contributed by atoms with Gasteiger partial charge in [0.2, 0.25) is 0 Å². The molecule has 0 amide bonds. The van der Waals surface area contributed by atoms with Crippen molar-refractivity contribution in [2.45, 2.75) is 26.2 Å². The van der Waals surface area contributed by atoms with Crippen molar-refractivity contribution in [2.75, 3.05) is 0 Å². The zero-order valence-corrected chi connectivity index (χ0v) is 19.0. The molecule has 0 spiro atoms.